The summed E-state index contributed by atoms with van der Waals surface area (Å²) in [4.78, 5) is 2.00. The highest BCUT2D eigenvalue weighted by Gasteiger charge is 2.56. The Kier molecular flexibility index (Phi) is 5.43. The molecule has 2 aliphatic heterocycles. The Morgan fingerprint density at radius 3 is 1.76 bits per heavy atom. The minimum Gasteiger partial charge on any atom is -0.406 e. The van der Waals surface area contributed by atoms with Gasteiger partial charge in [-0.15, -0.1) is 0 Å². The molecule has 0 amide bonds. The second-order valence-electron chi connectivity index (χ2n) is 9.68. The standard InChI is InChI=1S/C24H31F2NOSi/c1-23(2,3)29(21-10-6-4-7-11-21,22-12-8-5-9-13-22)28-18-24-14-19(25)16-27(24)17-20(26)15-24/h4-13,19-20H,14-18H2,1-3H3. The third-order valence-electron chi connectivity index (χ3n) is 6.68. The molecule has 2 atom stereocenters. The van der Waals surface area contributed by atoms with Gasteiger partial charge in [0, 0.05) is 31.5 Å². The van der Waals surface area contributed by atoms with E-state index >= 15 is 0 Å². The van der Waals surface area contributed by atoms with E-state index in [9.17, 15) is 8.78 Å². The lowest BCUT2D eigenvalue weighted by Gasteiger charge is -2.45. The van der Waals surface area contributed by atoms with Crippen molar-refractivity contribution >= 4 is 18.7 Å². The third-order valence-corrected chi connectivity index (χ3v) is 11.7. The van der Waals surface area contributed by atoms with Gasteiger partial charge in [-0.05, 0) is 15.4 Å². The Labute approximate surface area is 174 Å². The van der Waals surface area contributed by atoms with Crippen LogP contribution in [-0.2, 0) is 4.43 Å². The smallest absolute Gasteiger partial charge is 0.261 e. The fraction of sp³-hybridized carbons (Fsp3) is 0.500. The molecule has 2 heterocycles. The molecule has 156 valence electrons. The van der Waals surface area contributed by atoms with Crippen molar-refractivity contribution in [2.75, 3.05) is 19.7 Å². The molecule has 0 radical (unpaired) electrons. The molecule has 0 aliphatic carbocycles. The van der Waals surface area contributed by atoms with Crippen molar-refractivity contribution in [3.8, 4) is 0 Å². The zero-order valence-electron chi connectivity index (χ0n) is 17.6. The molecule has 5 heteroatoms. The highest BCUT2D eigenvalue weighted by molar-refractivity contribution is 6.99. The molecule has 2 fully saturated rings. The second-order valence-corrected chi connectivity index (χ2v) is 14.0. The number of hydrogen-bond acceptors (Lipinski definition) is 2. The van der Waals surface area contributed by atoms with Crippen LogP contribution in [0.15, 0.2) is 60.7 Å². The quantitative estimate of drug-likeness (QED) is 0.682. The predicted octanol–water partition coefficient (Wildman–Crippen LogP) is 4.09. The predicted molar refractivity (Wildman–Crippen MR) is 117 cm³/mol. The van der Waals surface area contributed by atoms with Crippen molar-refractivity contribution in [1.29, 1.82) is 0 Å². The number of nitrogens with zero attached hydrogens (tertiary/aromatic N) is 1. The molecule has 0 aromatic heterocycles. The average Bonchev–Trinajstić information content (AvgIpc) is 3.13. The lowest BCUT2D eigenvalue weighted by molar-refractivity contribution is 0.107. The number of benzene rings is 2. The minimum absolute atomic E-state index is 0.140. The summed E-state index contributed by atoms with van der Waals surface area (Å²) >= 11 is 0. The topological polar surface area (TPSA) is 12.5 Å². The highest BCUT2D eigenvalue weighted by atomic mass is 28.4. The first-order chi connectivity index (χ1) is 13.8. The van der Waals surface area contributed by atoms with Crippen LogP contribution in [0.1, 0.15) is 33.6 Å². The van der Waals surface area contributed by atoms with Crippen LogP contribution >= 0.6 is 0 Å². The van der Waals surface area contributed by atoms with Crippen LogP contribution in [0.25, 0.3) is 0 Å². The molecule has 0 saturated carbocycles. The van der Waals surface area contributed by atoms with E-state index in [0.717, 1.165) is 0 Å². The van der Waals surface area contributed by atoms with E-state index in [4.69, 9.17) is 4.43 Å². The number of alkyl halides is 2. The van der Waals surface area contributed by atoms with Crippen LogP contribution < -0.4 is 10.4 Å². The molecule has 2 saturated heterocycles. The van der Waals surface area contributed by atoms with Gasteiger partial charge in [-0.3, -0.25) is 4.90 Å². The molecule has 29 heavy (non-hydrogen) atoms. The van der Waals surface area contributed by atoms with Gasteiger partial charge >= 0.3 is 0 Å². The number of fused-ring (bicyclic) bond motifs is 1. The van der Waals surface area contributed by atoms with Crippen molar-refractivity contribution in [2.24, 2.45) is 0 Å². The minimum atomic E-state index is -2.70. The van der Waals surface area contributed by atoms with Gasteiger partial charge in [0.05, 0.1) is 6.61 Å². The summed E-state index contributed by atoms with van der Waals surface area (Å²) in [5.41, 5.74) is -0.522. The summed E-state index contributed by atoms with van der Waals surface area (Å²) in [6.07, 6.45) is -1.06. The second kappa shape index (κ2) is 7.60. The summed E-state index contributed by atoms with van der Waals surface area (Å²) in [6, 6.07) is 20.9. The van der Waals surface area contributed by atoms with Gasteiger partial charge in [-0.25, -0.2) is 8.78 Å². The van der Waals surface area contributed by atoms with Crippen molar-refractivity contribution in [1.82, 2.24) is 4.90 Å². The Morgan fingerprint density at radius 2 is 1.34 bits per heavy atom. The maximum absolute atomic E-state index is 14.3. The fourth-order valence-electron chi connectivity index (χ4n) is 5.45. The molecule has 2 aromatic rings. The summed E-state index contributed by atoms with van der Waals surface area (Å²) in [5, 5.41) is 2.26. The maximum atomic E-state index is 14.3. The Morgan fingerprint density at radius 1 is 0.897 bits per heavy atom. The summed E-state index contributed by atoms with van der Waals surface area (Å²) in [7, 11) is -2.70. The zero-order valence-corrected chi connectivity index (χ0v) is 18.6. The van der Waals surface area contributed by atoms with E-state index in [-0.39, 0.29) is 5.04 Å². The van der Waals surface area contributed by atoms with Crippen LogP contribution in [0, 0.1) is 0 Å². The van der Waals surface area contributed by atoms with E-state index < -0.39 is 26.2 Å². The van der Waals surface area contributed by atoms with Gasteiger partial charge in [-0.1, -0.05) is 81.4 Å². The molecule has 2 nitrogen and oxygen atoms in total. The average molecular weight is 416 g/mol. The largest absolute Gasteiger partial charge is 0.406 e. The molecular weight excluding hydrogens is 384 g/mol. The monoisotopic (exact) mass is 415 g/mol. The van der Waals surface area contributed by atoms with Crippen molar-refractivity contribution in [2.45, 2.75) is 56.5 Å². The molecule has 2 aliphatic rings. The lowest BCUT2D eigenvalue weighted by atomic mass is 9.94. The Bertz CT molecular complexity index is 770. The molecule has 0 bridgehead atoms. The van der Waals surface area contributed by atoms with Crippen LogP contribution in [0.5, 0.6) is 0 Å². The summed E-state index contributed by atoms with van der Waals surface area (Å²) in [5.74, 6) is 0. The SMILES string of the molecule is CC(C)(C)[Si](OCC12CC(F)CN1CC(F)C2)(c1ccccc1)c1ccccc1. The first-order valence-electron chi connectivity index (χ1n) is 10.6. The van der Waals surface area contributed by atoms with Crippen LogP contribution in [0.4, 0.5) is 8.78 Å². The lowest BCUT2D eigenvalue weighted by Crippen LogP contribution is -2.68. The van der Waals surface area contributed by atoms with E-state index in [1.54, 1.807) is 0 Å². The number of halogens is 2. The van der Waals surface area contributed by atoms with E-state index in [1.807, 2.05) is 17.0 Å². The van der Waals surface area contributed by atoms with Gasteiger partial charge in [0.25, 0.3) is 8.32 Å². The molecule has 0 N–H and O–H groups in total. The van der Waals surface area contributed by atoms with Crippen molar-refractivity contribution in [3.63, 3.8) is 0 Å². The Hall–Kier alpha value is -1.56. The van der Waals surface area contributed by atoms with Gasteiger partial charge in [0.2, 0.25) is 0 Å². The van der Waals surface area contributed by atoms with Gasteiger partial charge in [-0.2, -0.15) is 0 Å². The number of hydrogen-bond donors (Lipinski definition) is 0. The molecule has 0 spiro atoms. The first kappa shape index (κ1) is 20.7. The van der Waals surface area contributed by atoms with Crippen molar-refractivity contribution < 1.29 is 13.2 Å². The van der Waals surface area contributed by atoms with E-state index in [1.165, 1.54) is 10.4 Å². The van der Waals surface area contributed by atoms with Crippen LogP contribution in [0.3, 0.4) is 0 Å². The van der Waals surface area contributed by atoms with Gasteiger partial charge in [0.15, 0.2) is 0 Å². The fourth-order valence-corrected chi connectivity index (χ4v) is 10.1. The molecular formula is C24H31F2NOSi. The van der Waals surface area contributed by atoms with Gasteiger partial charge in [0.1, 0.15) is 12.3 Å². The van der Waals surface area contributed by atoms with Crippen molar-refractivity contribution in [3.05, 3.63) is 60.7 Å². The van der Waals surface area contributed by atoms with Crippen LogP contribution in [-0.4, -0.2) is 50.8 Å². The third kappa shape index (κ3) is 3.58. The van der Waals surface area contributed by atoms with E-state index in [2.05, 4.69) is 69.3 Å². The molecule has 2 aromatic carbocycles. The normalized spacial score (nSPS) is 27.9. The first-order valence-corrected chi connectivity index (χ1v) is 12.5. The molecule has 4 rings (SSSR count). The highest BCUT2D eigenvalue weighted by Crippen LogP contribution is 2.44. The maximum Gasteiger partial charge on any atom is 0.261 e. The summed E-state index contributed by atoms with van der Waals surface area (Å²) < 4.78 is 35.6. The van der Waals surface area contributed by atoms with E-state index in [0.29, 0.717) is 32.5 Å². The van der Waals surface area contributed by atoms with Crippen LogP contribution in [0.2, 0.25) is 5.04 Å². The zero-order chi connectivity index (χ0) is 20.7. The number of rotatable bonds is 5. The summed E-state index contributed by atoms with van der Waals surface area (Å²) in [6.45, 7) is 7.71. The molecule has 2 unspecified atom stereocenters. The van der Waals surface area contributed by atoms with Gasteiger partial charge < -0.3 is 4.43 Å². The Balaban J connectivity index is 1.77.